The van der Waals surface area contributed by atoms with Gasteiger partial charge in [0.2, 0.25) is 0 Å². The number of thiophene rings is 1. The van der Waals surface area contributed by atoms with Crippen LogP contribution in [-0.4, -0.2) is 29.4 Å². The maximum atomic E-state index is 12.9. The Labute approximate surface area is 150 Å². The summed E-state index contributed by atoms with van der Waals surface area (Å²) in [4.78, 5) is 27.8. The lowest BCUT2D eigenvalue weighted by molar-refractivity contribution is -0.138. The van der Waals surface area contributed by atoms with Crippen LogP contribution in [0.15, 0.2) is 47.5 Å². The first kappa shape index (κ1) is 17.2. The number of nitrogens with one attached hydrogen (secondary N) is 1. The Morgan fingerprint density at radius 3 is 2.52 bits per heavy atom. The second-order valence-corrected chi connectivity index (χ2v) is 6.80. The van der Waals surface area contributed by atoms with E-state index >= 15 is 0 Å². The standard InChI is InChI=1S/C19H20N2O3S/c1-4-24-14-9-6-5-8-13(14)20-17-16(15-10-7-11-25-15)18(22)21(12(2)3)19(17)23/h5-12,20H,4H2,1-3H3. The number of nitrogens with zero attached hydrogens (tertiary/aromatic N) is 1. The molecule has 0 atom stereocenters. The molecule has 0 saturated carbocycles. The summed E-state index contributed by atoms with van der Waals surface area (Å²) in [5, 5.41) is 5.04. The molecule has 0 fully saturated rings. The van der Waals surface area contributed by atoms with E-state index in [9.17, 15) is 9.59 Å². The number of hydrogen-bond donors (Lipinski definition) is 1. The lowest BCUT2D eigenvalue weighted by Gasteiger charge is -2.19. The molecular weight excluding hydrogens is 336 g/mol. The first-order valence-electron chi connectivity index (χ1n) is 8.19. The molecule has 6 heteroatoms. The fourth-order valence-electron chi connectivity index (χ4n) is 2.77. The van der Waals surface area contributed by atoms with Crippen molar-refractivity contribution in [1.29, 1.82) is 0 Å². The van der Waals surface area contributed by atoms with Crippen LogP contribution in [-0.2, 0) is 9.59 Å². The summed E-state index contributed by atoms with van der Waals surface area (Å²) in [5.41, 5.74) is 1.38. The number of para-hydroxylation sites is 2. The molecule has 1 aliphatic rings. The minimum atomic E-state index is -0.310. The lowest BCUT2D eigenvalue weighted by Crippen LogP contribution is -2.38. The van der Waals surface area contributed by atoms with E-state index in [4.69, 9.17) is 4.74 Å². The van der Waals surface area contributed by atoms with Crippen LogP contribution < -0.4 is 10.1 Å². The van der Waals surface area contributed by atoms with Crippen LogP contribution in [0.4, 0.5) is 5.69 Å². The van der Waals surface area contributed by atoms with Gasteiger partial charge in [-0.3, -0.25) is 14.5 Å². The van der Waals surface area contributed by atoms with Crippen molar-refractivity contribution in [2.24, 2.45) is 0 Å². The van der Waals surface area contributed by atoms with Crippen LogP contribution in [0.25, 0.3) is 5.57 Å². The summed E-state index contributed by atoms with van der Waals surface area (Å²) < 4.78 is 5.62. The largest absolute Gasteiger partial charge is 0.492 e. The molecule has 25 heavy (non-hydrogen) atoms. The number of rotatable bonds is 6. The summed E-state index contributed by atoms with van der Waals surface area (Å²) in [6.07, 6.45) is 0. The molecule has 0 radical (unpaired) electrons. The maximum Gasteiger partial charge on any atom is 0.278 e. The van der Waals surface area contributed by atoms with Gasteiger partial charge in [0.15, 0.2) is 0 Å². The second kappa shape index (κ2) is 7.11. The molecule has 2 amide bonds. The average Bonchev–Trinajstić information content (AvgIpc) is 3.17. The van der Waals surface area contributed by atoms with Crippen molar-refractivity contribution < 1.29 is 14.3 Å². The van der Waals surface area contributed by atoms with Gasteiger partial charge in [0.05, 0.1) is 17.9 Å². The van der Waals surface area contributed by atoms with E-state index in [2.05, 4.69) is 5.32 Å². The van der Waals surface area contributed by atoms with E-state index in [-0.39, 0.29) is 17.9 Å². The highest BCUT2D eigenvalue weighted by molar-refractivity contribution is 7.11. The molecular formula is C19H20N2O3S. The highest BCUT2D eigenvalue weighted by Crippen LogP contribution is 2.35. The van der Waals surface area contributed by atoms with Gasteiger partial charge in [-0.2, -0.15) is 0 Å². The highest BCUT2D eigenvalue weighted by atomic mass is 32.1. The lowest BCUT2D eigenvalue weighted by atomic mass is 10.1. The van der Waals surface area contributed by atoms with Crippen LogP contribution in [0.1, 0.15) is 25.6 Å². The molecule has 3 rings (SSSR count). The highest BCUT2D eigenvalue weighted by Gasteiger charge is 2.41. The molecule has 0 saturated heterocycles. The number of carbonyl (C=O) groups is 2. The van der Waals surface area contributed by atoms with Gasteiger partial charge < -0.3 is 10.1 Å². The van der Waals surface area contributed by atoms with Gasteiger partial charge >= 0.3 is 0 Å². The molecule has 0 unspecified atom stereocenters. The summed E-state index contributed by atoms with van der Waals surface area (Å²) in [6.45, 7) is 6.08. The molecule has 2 aromatic rings. The second-order valence-electron chi connectivity index (χ2n) is 5.86. The Balaban J connectivity index is 2.07. The quantitative estimate of drug-likeness (QED) is 0.801. The number of hydrogen-bond acceptors (Lipinski definition) is 5. The van der Waals surface area contributed by atoms with Gasteiger partial charge in [-0.25, -0.2) is 0 Å². The van der Waals surface area contributed by atoms with E-state index in [1.807, 2.05) is 62.5 Å². The molecule has 1 aromatic heterocycles. The number of anilines is 1. The Kier molecular flexibility index (Phi) is 4.90. The van der Waals surface area contributed by atoms with Gasteiger partial charge in [0.1, 0.15) is 11.4 Å². The van der Waals surface area contributed by atoms with E-state index < -0.39 is 0 Å². The zero-order valence-electron chi connectivity index (χ0n) is 14.4. The zero-order valence-corrected chi connectivity index (χ0v) is 15.2. The van der Waals surface area contributed by atoms with E-state index in [0.29, 0.717) is 29.3 Å². The van der Waals surface area contributed by atoms with Crippen LogP contribution >= 0.6 is 11.3 Å². The molecule has 130 valence electrons. The van der Waals surface area contributed by atoms with Crippen molar-refractivity contribution in [3.05, 3.63) is 52.4 Å². The van der Waals surface area contributed by atoms with Crippen LogP contribution in [0.3, 0.4) is 0 Å². The Morgan fingerprint density at radius 2 is 1.88 bits per heavy atom. The maximum absolute atomic E-state index is 12.9. The first-order chi connectivity index (χ1) is 12.0. The summed E-state index contributed by atoms with van der Waals surface area (Å²) in [5.74, 6) is 0.0693. The number of carbonyl (C=O) groups excluding carboxylic acids is 2. The molecule has 0 aliphatic carbocycles. The molecule has 0 spiro atoms. The summed E-state index contributed by atoms with van der Waals surface area (Å²) >= 11 is 1.44. The van der Waals surface area contributed by atoms with Crippen molar-refractivity contribution in [3.63, 3.8) is 0 Å². The predicted molar refractivity (Wildman–Crippen MR) is 99.5 cm³/mol. The molecule has 1 aromatic carbocycles. The van der Waals surface area contributed by atoms with Gasteiger partial charge in [-0.05, 0) is 44.4 Å². The van der Waals surface area contributed by atoms with Crippen molar-refractivity contribution in [1.82, 2.24) is 4.90 Å². The van der Waals surface area contributed by atoms with E-state index in [1.165, 1.54) is 16.2 Å². The first-order valence-corrected chi connectivity index (χ1v) is 9.07. The van der Waals surface area contributed by atoms with E-state index in [0.717, 1.165) is 4.88 Å². The topological polar surface area (TPSA) is 58.6 Å². The van der Waals surface area contributed by atoms with Crippen molar-refractivity contribution in [3.8, 4) is 5.75 Å². The van der Waals surface area contributed by atoms with Crippen LogP contribution in [0.2, 0.25) is 0 Å². The number of amides is 2. The normalized spacial score (nSPS) is 14.6. The monoisotopic (exact) mass is 356 g/mol. The molecule has 1 N–H and O–H groups in total. The van der Waals surface area contributed by atoms with Crippen molar-refractivity contribution in [2.45, 2.75) is 26.8 Å². The third kappa shape index (κ3) is 3.17. The Bertz CT molecular complexity index is 825. The average molecular weight is 356 g/mol. The summed E-state index contributed by atoms with van der Waals surface area (Å²) in [6, 6.07) is 10.9. The van der Waals surface area contributed by atoms with Crippen LogP contribution in [0.5, 0.6) is 5.75 Å². The van der Waals surface area contributed by atoms with Crippen molar-refractivity contribution >= 4 is 34.4 Å². The smallest absolute Gasteiger partial charge is 0.278 e. The van der Waals surface area contributed by atoms with E-state index in [1.54, 1.807) is 0 Å². The number of benzene rings is 1. The van der Waals surface area contributed by atoms with Crippen LogP contribution in [0, 0.1) is 0 Å². The molecule has 0 bridgehead atoms. The number of ether oxygens (including phenoxy) is 1. The molecule has 1 aliphatic heterocycles. The minimum absolute atomic E-state index is 0.212. The minimum Gasteiger partial charge on any atom is -0.492 e. The van der Waals surface area contributed by atoms with Gasteiger partial charge in [-0.1, -0.05) is 18.2 Å². The van der Waals surface area contributed by atoms with Gasteiger partial charge in [-0.15, -0.1) is 11.3 Å². The Hall–Kier alpha value is -2.60. The number of imide groups is 1. The SMILES string of the molecule is CCOc1ccccc1NC1=C(c2cccs2)C(=O)N(C(C)C)C1=O. The zero-order chi connectivity index (χ0) is 18.0. The van der Waals surface area contributed by atoms with Gasteiger partial charge in [0.25, 0.3) is 11.8 Å². The third-order valence-electron chi connectivity index (χ3n) is 3.85. The third-order valence-corrected chi connectivity index (χ3v) is 4.73. The Morgan fingerprint density at radius 1 is 1.12 bits per heavy atom. The predicted octanol–water partition coefficient (Wildman–Crippen LogP) is 3.75. The fourth-order valence-corrected chi connectivity index (χ4v) is 3.54. The van der Waals surface area contributed by atoms with Gasteiger partial charge in [0, 0.05) is 10.9 Å². The van der Waals surface area contributed by atoms with Crippen molar-refractivity contribution in [2.75, 3.05) is 11.9 Å². The molecule has 5 nitrogen and oxygen atoms in total. The summed E-state index contributed by atoms with van der Waals surface area (Å²) in [7, 11) is 0. The fraction of sp³-hybridized carbons (Fsp3) is 0.263. The molecule has 2 heterocycles.